The van der Waals surface area contributed by atoms with E-state index in [0.717, 1.165) is 28.3 Å². The number of hydrogen-bond donors (Lipinski definition) is 3. The fourth-order valence-corrected chi connectivity index (χ4v) is 4.07. The predicted octanol–water partition coefficient (Wildman–Crippen LogP) is 2.23. The van der Waals surface area contributed by atoms with Crippen LogP contribution >= 0.6 is 0 Å². The second kappa shape index (κ2) is 8.43. The molecule has 9 heteroatoms. The van der Waals surface area contributed by atoms with Crippen molar-refractivity contribution in [3.63, 3.8) is 0 Å². The molecule has 0 spiro atoms. The van der Waals surface area contributed by atoms with Gasteiger partial charge in [0.25, 0.3) is 5.88 Å². The van der Waals surface area contributed by atoms with E-state index in [9.17, 15) is 0 Å². The summed E-state index contributed by atoms with van der Waals surface area (Å²) in [5, 5.41) is 3.08. The van der Waals surface area contributed by atoms with Crippen LogP contribution in [0.5, 0.6) is 5.88 Å². The van der Waals surface area contributed by atoms with Crippen molar-refractivity contribution in [1.29, 1.82) is 0 Å². The molecule has 1 saturated carbocycles. The SMILES string of the molecule is CNc1nc(C)c2c(n1)N(C1CCCC1)CC(c1cnc(N)c(OC[C@H](C)N)n1)=C2. The number of aryl methyl sites for hydroxylation is 1. The Morgan fingerprint density at radius 2 is 2.03 bits per heavy atom. The first-order valence-electron chi connectivity index (χ1n) is 10.5. The van der Waals surface area contributed by atoms with Crippen molar-refractivity contribution in [2.45, 2.75) is 51.6 Å². The molecular weight excluding hydrogens is 380 g/mol. The van der Waals surface area contributed by atoms with Crippen LogP contribution in [0.4, 0.5) is 17.6 Å². The standard InChI is InChI=1S/C21H30N8O/c1-12(22)11-30-20-18(23)25-9-17(27-20)14-8-16-13(2)26-21(24-3)28-19(16)29(10-14)15-6-4-5-7-15/h8-9,12,15H,4-7,10-11,22H2,1-3H3,(H2,23,25)(H,24,26,28)/t12-/m0/s1. The Labute approximate surface area is 177 Å². The predicted molar refractivity (Wildman–Crippen MR) is 119 cm³/mol. The van der Waals surface area contributed by atoms with Gasteiger partial charge in [-0.05, 0) is 38.3 Å². The second-order valence-electron chi connectivity index (χ2n) is 8.09. The van der Waals surface area contributed by atoms with E-state index in [0.29, 0.717) is 31.0 Å². The Hall–Kier alpha value is -2.94. The van der Waals surface area contributed by atoms with Crippen LogP contribution < -0.4 is 26.4 Å². The van der Waals surface area contributed by atoms with Crippen LogP contribution in [0.25, 0.3) is 11.6 Å². The third kappa shape index (κ3) is 4.02. The number of fused-ring (bicyclic) bond motifs is 1. The van der Waals surface area contributed by atoms with Gasteiger partial charge in [0.1, 0.15) is 12.4 Å². The third-order valence-corrected chi connectivity index (χ3v) is 5.62. The normalized spacial score (nSPS) is 17.5. The molecule has 0 radical (unpaired) electrons. The number of nitrogen functional groups attached to an aromatic ring is 1. The largest absolute Gasteiger partial charge is 0.473 e. The minimum absolute atomic E-state index is 0.116. The number of rotatable bonds is 6. The van der Waals surface area contributed by atoms with E-state index in [1.807, 2.05) is 20.9 Å². The van der Waals surface area contributed by atoms with E-state index >= 15 is 0 Å². The van der Waals surface area contributed by atoms with E-state index in [-0.39, 0.29) is 11.9 Å². The first kappa shape index (κ1) is 20.3. The smallest absolute Gasteiger partial charge is 0.257 e. The molecule has 2 aromatic heterocycles. The number of nitrogens with zero attached hydrogens (tertiary/aromatic N) is 5. The van der Waals surface area contributed by atoms with Crippen molar-refractivity contribution >= 4 is 29.2 Å². The van der Waals surface area contributed by atoms with Crippen molar-refractivity contribution in [2.75, 3.05) is 36.1 Å². The Morgan fingerprint density at radius 1 is 1.27 bits per heavy atom. The molecule has 0 saturated heterocycles. The van der Waals surface area contributed by atoms with Crippen molar-refractivity contribution in [3.05, 3.63) is 23.1 Å². The van der Waals surface area contributed by atoms with Crippen molar-refractivity contribution in [3.8, 4) is 5.88 Å². The molecular formula is C21H30N8O. The summed E-state index contributed by atoms with van der Waals surface area (Å²) in [7, 11) is 1.85. The molecule has 2 aliphatic rings. The molecule has 160 valence electrons. The average Bonchev–Trinajstić information content (AvgIpc) is 3.27. The summed E-state index contributed by atoms with van der Waals surface area (Å²) in [6.07, 6.45) is 8.65. The molecule has 0 unspecified atom stereocenters. The Balaban J connectivity index is 1.75. The molecule has 9 nitrogen and oxygen atoms in total. The Bertz CT molecular complexity index is 952. The second-order valence-corrected chi connectivity index (χ2v) is 8.09. The number of aromatic nitrogens is 4. The zero-order valence-electron chi connectivity index (χ0n) is 17.9. The minimum Gasteiger partial charge on any atom is -0.473 e. The molecule has 0 bridgehead atoms. The maximum absolute atomic E-state index is 5.97. The minimum atomic E-state index is -0.116. The van der Waals surface area contributed by atoms with Gasteiger partial charge in [-0.15, -0.1) is 0 Å². The van der Waals surface area contributed by atoms with Gasteiger partial charge in [-0.1, -0.05) is 12.8 Å². The fraction of sp³-hybridized carbons (Fsp3) is 0.524. The lowest BCUT2D eigenvalue weighted by Gasteiger charge is -2.35. The van der Waals surface area contributed by atoms with Crippen molar-refractivity contribution in [2.24, 2.45) is 5.73 Å². The van der Waals surface area contributed by atoms with Gasteiger partial charge in [0.15, 0.2) is 5.82 Å². The van der Waals surface area contributed by atoms with Gasteiger partial charge in [-0.3, -0.25) is 0 Å². The van der Waals surface area contributed by atoms with Gasteiger partial charge in [0, 0.05) is 31.2 Å². The lowest BCUT2D eigenvalue weighted by Crippen LogP contribution is -2.38. The Kier molecular flexibility index (Phi) is 5.72. The molecule has 0 amide bonds. The first-order chi connectivity index (χ1) is 14.5. The molecule has 3 heterocycles. The highest BCUT2D eigenvalue weighted by molar-refractivity contribution is 5.90. The van der Waals surface area contributed by atoms with Gasteiger partial charge in [-0.25, -0.2) is 15.0 Å². The van der Waals surface area contributed by atoms with Gasteiger partial charge in [0.2, 0.25) is 5.95 Å². The third-order valence-electron chi connectivity index (χ3n) is 5.62. The van der Waals surface area contributed by atoms with Crippen LogP contribution in [-0.2, 0) is 0 Å². The van der Waals surface area contributed by atoms with Crippen LogP contribution in [0.2, 0.25) is 0 Å². The summed E-state index contributed by atoms with van der Waals surface area (Å²) in [6, 6.07) is 0.344. The van der Waals surface area contributed by atoms with E-state index < -0.39 is 0 Å². The maximum Gasteiger partial charge on any atom is 0.257 e. The van der Waals surface area contributed by atoms with Crippen molar-refractivity contribution in [1.82, 2.24) is 19.9 Å². The maximum atomic E-state index is 5.97. The lowest BCUT2D eigenvalue weighted by molar-refractivity contribution is 0.286. The summed E-state index contributed by atoms with van der Waals surface area (Å²) in [6.45, 7) is 4.93. The van der Waals surface area contributed by atoms with Gasteiger partial charge < -0.3 is 26.4 Å². The van der Waals surface area contributed by atoms with Gasteiger partial charge >= 0.3 is 0 Å². The zero-order valence-corrected chi connectivity index (χ0v) is 17.9. The van der Waals surface area contributed by atoms with Crippen LogP contribution in [0, 0.1) is 6.92 Å². The van der Waals surface area contributed by atoms with E-state index in [1.54, 1.807) is 6.20 Å². The number of nitrogens with two attached hydrogens (primary N) is 2. The molecule has 1 aliphatic heterocycles. The summed E-state index contributed by atoms with van der Waals surface area (Å²) in [5.41, 5.74) is 15.5. The highest BCUT2D eigenvalue weighted by atomic mass is 16.5. The molecule has 5 N–H and O–H groups in total. The van der Waals surface area contributed by atoms with E-state index in [2.05, 4.69) is 31.2 Å². The number of nitrogens with one attached hydrogen (secondary N) is 1. The van der Waals surface area contributed by atoms with Crippen LogP contribution in [-0.4, -0.2) is 52.2 Å². The summed E-state index contributed by atoms with van der Waals surface area (Å²) >= 11 is 0. The summed E-state index contributed by atoms with van der Waals surface area (Å²) in [4.78, 5) is 20.7. The number of hydrogen-bond acceptors (Lipinski definition) is 9. The number of ether oxygens (including phenoxy) is 1. The van der Waals surface area contributed by atoms with E-state index in [1.165, 1.54) is 25.7 Å². The highest BCUT2D eigenvalue weighted by Gasteiger charge is 2.31. The van der Waals surface area contributed by atoms with Crippen LogP contribution in [0.3, 0.4) is 0 Å². The molecule has 1 atom stereocenters. The summed E-state index contributed by atoms with van der Waals surface area (Å²) in [5.74, 6) is 2.22. The average molecular weight is 411 g/mol. The molecule has 30 heavy (non-hydrogen) atoms. The zero-order chi connectivity index (χ0) is 21.3. The van der Waals surface area contributed by atoms with Gasteiger partial charge in [-0.2, -0.15) is 4.98 Å². The summed E-state index contributed by atoms with van der Waals surface area (Å²) < 4.78 is 5.68. The molecule has 1 fully saturated rings. The van der Waals surface area contributed by atoms with Crippen molar-refractivity contribution < 1.29 is 4.74 Å². The van der Waals surface area contributed by atoms with Crippen LogP contribution in [0.1, 0.15) is 49.6 Å². The quantitative estimate of drug-likeness (QED) is 0.656. The lowest BCUT2D eigenvalue weighted by atomic mass is 10.00. The fourth-order valence-electron chi connectivity index (χ4n) is 4.07. The van der Waals surface area contributed by atoms with Crippen LogP contribution in [0.15, 0.2) is 6.20 Å². The Morgan fingerprint density at radius 3 is 2.73 bits per heavy atom. The highest BCUT2D eigenvalue weighted by Crippen LogP contribution is 2.38. The van der Waals surface area contributed by atoms with E-state index in [4.69, 9.17) is 21.2 Å². The molecule has 0 aromatic carbocycles. The van der Waals surface area contributed by atoms with Gasteiger partial charge in [0.05, 0.1) is 17.6 Å². The molecule has 4 rings (SSSR count). The number of anilines is 3. The first-order valence-corrected chi connectivity index (χ1v) is 10.5. The molecule has 2 aromatic rings. The molecule has 1 aliphatic carbocycles. The monoisotopic (exact) mass is 410 g/mol. The topological polar surface area (TPSA) is 128 Å².